The third kappa shape index (κ3) is 1.28. The van der Waals surface area contributed by atoms with E-state index in [2.05, 4.69) is 13.2 Å². The lowest BCUT2D eigenvalue weighted by Gasteiger charge is -1.93. The molecule has 0 heterocycles. The van der Waals surface area contributed by atoms with E-state index in [-0.39, 0.29) is 5.78 Å². The van der Waals surface area contributed by atoms with Crippen LogP contribution in [0.2, 0.25) is 0 Å². The lowest BCUT2D eigenvalue weighted by molar-refractivity contribution is -0.111. The zero-order valence-corrected chi connectivity index (χ0v) is 5.39. The summed E-state index contributed by atoms with van der Waals surface area (Å²) in [5, 5.41) is 0. The van der Waals surface area contributed by atoms with Gasteiger partial charge in [0.2, 0.25) is 0 Å². The maximum Gasteiger partial charge on any atom is 0.180 e. The quantitative estimate of drug-likeness (QED) is 0.521. The van der Waals surface area contributed by atoms with Crippen LogP contribution in [0.3, 0.4) is 0 Å². The average molecular weight is 122 g/mol. The summed E-state index contributed by atoms with van der Waals surface area (Å²) in [6.45, 7) is 7.05. The van der Waals surface area contributed by atoms with Gasteiger partial charge < -0.3 is 0 Å². The lowest BCUT2D eigenvalue weighted by atomic mass is 10.1. The first-order valence-corrected chi connectivity index (χ1v) is 3.11. The molecule has 0 spiro atoms. The van der Waals surface area contributed by atoms with Gasteiger partial charge in [0.15, 0.2) is 5.78 Å². The molecule has 0 bridgehead atoms. The molecular weight excluding hydrogens is 112 g/mol. The molecule has 0 amide bonds. The van der Waals surface area contributed by atoms with Gasteiger partial charge >= 0.3 is 0 Å². The maximum atomic E-state index is 10.8. The van der Waals surface area contributed by atoms with Gasteiger partial charge in [-0.3, -0.25) is 4.79 Å². The normalized spacial score (nSPS) is 16.9. The molecule has 0 aromatic carbocycles. The van der Waals surface area contributed by atoms with E-state index in [0.717, 1.165) is 18.4 Å². The predicted octanol–water partition coefficient (Wildman–Crippen LogP) is 1.71. The summed E-state index contributed by atoms with van der Waals surface area (Å²) in [5.41, 5.74) is 0.741. The number of hydrogen-bond acceptors (Lipinski definition) is 1. The molecule has 1 aliphatic carbocycles. The molecule has 0 N–H and O–H groups in total. The van der Waals surface area contributed by atoms with E-state index in [1.54, 1.807) is 0 Å². The molecule has 0 aromatic heterocycles. The number of ketones is 1. The van der Waals surface area contributed by atoms with Crippen molar-refractivity contribution in [1.82, 2.24) is 0 Å². The Kier molecular flexibility index (Phi) is 1.52. The van der Waals surface area contributed by atoms with Crippen molar-refractivity contribution in [2.24, 2.45) is 5.92 Å². The molecule has 1 aliphatic rings. The Labute approximate surface area is 55.1 Å². The summed E-state index contributed by atoms with van der Waals surface area (Å²) in [6, 6.07) is 0. The minimum Gasteiger partial charge on any atom is -0.290 e. The van der Waals surface area contributed by atoms with Crippen molar-refractivity contribution in [2.45, 2.75) is 12.8 Å². The molecule has 1 heteroatoms. The van der Waals surface area contributed by atoms with Crippen LogP contribution in [-0.2, 0) is 4.79 Å². The summed E-state index contributed by atoms with van der Waals surface area (Å²) in [4.78, 5) is 10.8. The van der Waals surface area contributed by atoms with Gasteiger partial charge in [0, 0.05) is 0 Å². The fourth-order valence-corrected chi connectivity index (χ4v) is 0.764. The van der Waals surface area contributed by atoms with Crippen LogP contribution in [0.1, 0.15) is 12.8 Å². The summed E-state index contributed by atoms with van der Waals surface area (Å²) in [6.07, 6.45) is 3.61. The van der Waals surface area contributed by atoms with Crippen LogP contribution >= 0.6 is 0 Å². The van der Waals surface area contributed by atoms with Gasteiger partial charge in [-0.25, -0.2) is 0 Å². The Balaban J connectivity index is 2.50. The highest BCUT2D eigenvalue weighted by Gasteiger charge is 2.27. The van der Waals surface area contributed by atoms with Crippen molar-refractivity contribution in [2.75, 3.05) is 0 Å². The van der Waals surface area contributed by atoms with Crippen LogP contribution in [-0.4, -0.2) is 5.78 Å². The number of carbonyl (C=O) groups is 1. The molecule has 0 atom stereocenters. The predicted molar refractivity (Wildman–Crippen MR) is 37.1 cm³/mol. The molecule has 0 saturated heterocycles. The van der Waals surface area contributed by atoms with Crippen molar-refractivity contribution in [3.05, 3.63) is 24.8 Å². The first-order chi connectivity index (χ1) is 4.25. The van der Waals surface area contributed by atoms with Crippen LogP contribution in [0.5, 0.6) is 0 Å². The minimum atomic E-state index is 0.0116. The summed E-state index contributed by atoms with van der Waals surface area (Å²) in [7, 11) is 0. The number of rotatable bonds is 3. The van der Waals surface area contributed by atoms with Crippen LogP contribution in [0, 0.1) is 5.92 Å². The van der Waals surface area contributed by atoms with E-state index < -0.39 is 0 Å². The van der Waals surface area contributed by atoms with Gasteiger partial charge in [-0.05, 0) is 30.4 Å². The number of hydrogen-bond donors (Lipinski definition) is 0. The molecular formula is C8H10O. The first kappa shape index (κ1) is 6.27. The average Bonchev–Trinajstić information content (AvgIpc) is 2.66. The number of carbonyl (C=O) groups excluding carboxylic acids is 1. The van der Waals surface area contributed by atoms with Crippen molar-refractivity contribution >= 4 is 5.78 Å². The first-order valence-electron chi connectivity index (χ1n) is 3.11. The summed E-state index contributed by atoms with van der Waals surface area (Å²) in [5.74, 6) is 0.494. The van der Waals surface area contributed by atoms with E-state index in [1.807, 2.05) is 0 Å². The minimum absolute atomic E-state index is 0.0116. The summed E-state index contributed by atoms with van der Waals surface area (Å²) < 4.78 is 0. The van der Waals surface area contributed by atoms with Gasteiger partial charge in [-0.1, -0.05) is 13.2 Å². The largest absolute Gasteiger partial charge is 0.290 e. The molecule has 9 heavy (non-hydrogen) atoms. The van der Waals surface area contributed by atoms with E-state index in [9.17, 15) is 4.79 Å². The molecule has 0 radical (unpaired) electrons. The monoisotopic (exact) mass is 122 g/mol. The van der Waals surface area contributed by atoms with Gasteiger partial charge in [-0.15, -0.1) is 0 Å². The Morgan fingerprint density at radius 1 is 1.56 bits per heavy atom. The molecule has 0 unspecified atom stereocenters. The van der Waals surface area contributed by atoms with Crippen LogP contribution in [0.4, 0.5) is 0 Å². The zero-order chi connectivity index (χ0) is 6.85. The van der Waals surface area contributed by atoms with E-state index in [0.29, 0.717) is 5.92 Å². The topological polar surface area (TPSA) is 17.1 Å². The number of allylic oxidation sites excluding steroid dienone is 2. The van der Waals surface area contributed by atoms with Crippen LogP contribution in [0.25, 0.3) is 0 Å². The molecule has 1 fully saturated rings. The molecule has 0 aliphatic heterocycles. The Morgan fingerprint density at radius 2 is 2.11 bits per heavy atom. The fourth-order valence-electron chi connectivity index (χ4n) is 0.764. The highest BCUT2D eigenvalue weighted by Crippen LogP contribution is 2.35. The second-order valence-electron chi connectivity index (χ2n) is 2.37. The second-order valence-corrected chi connectivity index (χ2v) is 2.37. The van der Waals surface area contributed by atoms with Crippen molar-refractivity contribution < 1.29 is 4.79 Å². The fraction of sp³-hybridized carbons (Fsp3) is 0.375. The molecule has 1 saturated carbocycles. The molecule has 48 valence electrons. The maximum absolute atomic E-state index is 10.8. The van der Waals surface area contributed by atoms with E-state index >= 15 is 0 Å². The second kappa shape index (κ2) is 2.18. The molecule has 1 rings (SSSR count). The van der Waals surface area contributed by atoms with Crippen molar-refractivity contribution in [3.63, 3.8) is 0 Å². The lowest BCUT2D eigenvalue weighted by Crippen LogP contribution is -1.97. The summed E-state index contributed by atoms with van der Waals surface area (Å²) >= 11 is 0. The van der Waals surface area contributed by atoms with Gasteiger partial charge in [0.05, 0.1) is 0 Å². The Bertz CT molecular complexity index is 163. The van der Waals surface area contributed by atoms with Crippen molar-refractivity contribution in [1.29, 1.82) is 0 Å². The van der Waals surface area contributed by atoms with Crippen LogP contribution < -0.4 is 0 Å². The molecule has 0 aromatic rings. The third-order valence-electron chi connectivity index (χ3n) is 1.57. The standard InChI is InChI=1S/C8H10O/c1-3-8(9)6(2)7-4-5-7/h3,7H,1-2,4-5H2. The smallest absolute Gasteiger partial charge is 0.180 e. The highest BCUT2D eigenvalue weighted by molar-refractivity contribution is 6.03. The van der Waals surface area contributed by atoms with Gasteiger partial charge in [-0.2, -0.15) is 0 Å². The highest BCUT2D eigenvalue weighted by atomic mass is 16.1. The van der Waals surface area contributed by atoms with Crippen molar-refractivity contribution in [3.8, 4) is 0 Å². The van der Waals surface area contributed by atoms with E-state index in [1.165, 1.54) is 6.08 Å². The van der Waals surface area contributed by atoms with Gasteiger partial charge in [0.25, 0.3) is 0 Å². The Morgan fingerprint density at radius 3 is 2.44 bits per heavy atom. The zero-order valence-electron chi connectivity index (χ0n) is 5.39. The van der Waals surface area contributed by atoms with Crippen LogP contribution in [0.15, 0.2) is 24.8 Å². The SMILES string of the molecule is C=CC(=O)C(=C)C1CC1. The third-order valence-corrected chi connectivity index (χ3v) is 1.57. The van der Waals surface area contributed by atoms with E-state index in [4.69, 9.17) is 0 Å². The Hall–Kier alpha value is -0.850. The molecule has 1 nitrogen and oxygen atoms in total. The van der Waals surface area contributed by atoms with Gasteiger partial charge in [0.1, 0.15) is 0 Å².